The average molecular weight is 354 g/mol. The minimum Gasteiger partial charge on any atom is -0.489 e. The molecule has 1 unspecified atom stereocenters. The Hall–Kier alpha value is -2.53. The van der Waals surface area contributed by atoms with Crippen molar-refractivity contribution in [3.8, 4) is 5.75 Å². The number of hydrogen-bond donors (Lipinski definition) is 2. The molecule has 0 saturated carbocycles. The van der Waals surface area contributed by atoms with Crippen LogP contribution in [0.4, 0.5) is 5.69 Å². The van der Waals surface area contributed by atoms with Gasteiger partial charge in [0.2, 0.25) is 5.91 Å². The Morgan fingerprint density at radius 3 is 2.73 bits per heavy atom. The molecule has 1 heterocycles. The van der Waals surface area contributed by atoms with Gasteiger partial charge in [-0.2, -0.15) is 0 Å². The lowest BCUT2D eigenvalue weighted by Crippen LogP contribution is -2.31. The van der Waals surface area contributed by atoms with E-state index < -0.39 is 0 Å². The highest BCUT2D eigenvalue weighted by atomic mass is 16.5. The van der Waals surface area contributed by atoms with Gasteiger partial charge in [-0.05, 0) is 37.0 Å². The second-order valence-corrected chi connectivity index (χ2v) is 6.38. The lowest BCUT2D eigenvalue weighted by atomic mass is 10.1. The van der Waals surface area contributed by atoms with Crippen LogP contribution in [0.25, 0.3) is 0 Å². The number of ether oxygens (including phenoxy) is 2. The molecule has 1 aliphatic rings. The monoisotopic (exact) mass is 354 g/mol. The lowest BCUT2D eigenvalue weighted by molar-refractivity contribution is -0.119. The smallest absolute Gasteiger partial charge is 0.239 e. The van der Waals surface area contributed by atoms with Crippen LogP contribution in [0.3, 0.4) is 0 Å². The third-order valence-electron chi connectivity index (χ3n) is 4.35. The van der Waals surface area contributed by atoms with E-state index in [4.69, 9.17) is 9.47 Å². The molecule has 3 rings (SSSR count). The van der Waals surface area contributed by atoms with Crippen LogP contribution in [0, 0.1) is 0 Å². The fraction of sp³-hybridized carbons (Fsp3) is 0.381. The fourth-order valence-corrected chi connectivity index (χ4v) is 2.93. The molecule has 5 heteroatoms. The zero-order chi connectivity index (χ0) is 18.0. The molecule has 1 saturated heterocycles. The summed E-state index contributed by atoms with van der Waals surface area (Å²) in [6, 6.07) is 17.8. The van der Waals surface area contributed by atoms with Gasteiger partial charge in [-0.3, -0.25) is 4.79 Å². The Labute approximate surface area is 154 Å². The van der Waals surface area contributed by atoms with Gasteiger partial charge in [-0.15, -0.1) is 0 Å². The Bertz CT molecular complexity index is 685. The van der Waals surface area contributed by atoms with Crippen LogP contribution in [-0.4, -0.2) is 38.3 Å². The highest BCUT2D eigenvalue weighted by Crippen LogP contribution is 2.24. The molecular weight excluding hydrogens is 328 g/mol. The molecule has 1 amide bonds. The first kappa shape index (κ1) is 18.3. The van der Waals surface area contributed by atoms with Crippen LogP contribution in [0.15, 0.2) is 54.6 Å². The van der Waals surface area contributed by atoms with Crippen molar-refractivity contribution in [2.75, 3.05) is 31.6 Å². The summed E-state index contributed by atoms with van der Waals surface area (Å²) in [4.78, 5) is 12.1. The van der Waals surface area contributed by atoms with E-state index in [0.717, 1.165) is 37.3 Å². The number of hydrogen-bond acceptors (Lipinski definition) is 4. The number of amides is 1. The van der Waals surface area contributed by atoms with Crippen molar-refractivity contribution in [2.24, 2.45) is 0 Å². The maximum absolute atomic E-state index is 12.1. The van der Waals surface area contributed by atoms with Crippen molar-refractivity contribution < 1.29 is 14.3 Å². The van der Waals surface area contributed by atoms with Crippen molar-refractivity contribution in [1.29, 1.82) is 0 Å². The predicted molar refractivity (Wildman–Crippen MR) is 103 cm³/mol. The van der Waals surface area contributed by atoms with Crippen molar-refractivity contribution in [1.82, 2.24) is 5.32 Å². The van der Waals surface area contributed by atoms with Crippen molar-refractivity contribution in [2.45, 2.75) is 25.4 Å². The van der Waals surface area contributed by atoms with E-state index in [1.54, 1.807) is 0 Å². The van der Waals surface area contributed by atoms with Crippen LogP contribution in [0.2, 0.25) is 0 Å². The van der Waals surface area contributed by atoms with E-state index in [1.807, 2.05) is 42.5 Å². The Morgan fingerprint density at radius 2 is 1.92 bits per heavy atom. The van der Waals surface area contributed by atoms with Gasteiger partial charge in [0.25, 0.3) is 0 Å². The number of para-hydroxylation sites is 2. The quantitative estimate of drug-likeness (QED) is 0.727. The fourth-order valence-electron chi connectivity index (χ4n) is 2.93. The number of benzene rings is 2. The van der Waals surface area contributed by atoms with Gasteiger partial charge in [-0.1, -0.05) is 42.5 Å². The number of anilines is 1. The predicted octanol–water partition coefficient (Wildman–Crippen LogP) is 3.02. The first-order valence-electron chi connectivity index (χ1n) is 9.19. The summed E-state index contributed by atoms with van der Waals surface area (Å²) in [5.74, 6) is 0.718. The summed E-state index contributed by atoms with van der Waals surface area (Å²) in [6.07, 6.45) is 3.13. The molecule has 1 aliphatic heterocycles. The molecule has 0 aliphatic carbocycles. The average Bonchev–Trinajstić information content (AvgIpc) is 3.20. The Balaban J connectivity index is 1.41. The number of nitrogens with one attached hydrogen (secondary N) is 2. The van der Waals surface area contributed by atoms with Crippen LogP contribution in [-0.2, 0) is 16.0 Å². The van der Waals surface area contributed by atoms with E-state index in [2.05, 4.69) is 22.8 Å². The van der Waals surface area contributed by atoms with E-state index in [1.165, 1.54) is 5.56 Å². The molecule has 1 fully saturated rings. The van der Waals surface area contributed by atoms with Gasteiger partial charge in [0.1, 0.15) is 12.4 Å². The first-order valence-corrected chi connectivity index (χ1v) is 9.19. The van der Waals surface area contributed by atoms with E-state index in [9.17, 15) is 4.79 Å². The molecule has 0 aromatic heterocycles. The summed E-state index contributed by atoms with van der Waals surface area (Å²) < 4.78 is 11.5. The zero-order valence-electron chi connectivity index (χ0n) is 14.9. The topological polar surface area (TPSA) is 59.6 Å². The maximum atomic E-state index is 12.1. The van der Waals surface area contributed by atoms with Gasteiger partial charge >= 0.3 is 0 Å². The van der Waals surface area contributed by atoms with Gasteiger partial charge in [0, 0.05) is 13.2 Å². The molecular formula is C21H26N2O3. The molecule has 0 bridgehead atoms. The summed E-state index contributed by atoms with van der Waals surface area (Å²) >= 11 is 0. The minimum absolute atomic E-state index is 0.0325. The SMILES string of the molecule is O=C(CNc1ccccc1OCC1CCCO1)NCCc1ccccc1. The normalized spacial score (nSPS) is 16.2. The third kappa shape index (κ3) is 5.77. The molecule has 26 heavy (non-hydrogen) atoms. The second kappa shape index (κ2) is 9.82. The van der Waals surface area contributed by atoms with Crippen LogP contribution in [0.1, 0.15) is 18.4 Å². The van der Waals surface area contributed by atoms with E-state index >= 15 is 0 Å². The lowest BCUT2D eigenvalue weighted by Gasteiger charge is -2.15. The zero-order valence-corrected chi connectivity index (χ0v) is 14.9. The van der Waals surface area contributed by atoms with Gasteiger partial charge in [0.05, 0.1) is 18.3 Å². The largest absolute Gasteiger partial charge is 0.489 e. The summed E-state index contributed by atoms with van der Waals surface area (Å²) in [6.45, 7) is 2.20. The Kier molecular flexibility index (Phi) is 6.90. The molecule has 2 aromatic carbocycles. The molecule has 2 aromatic rings. The molecule has 2 N–H and O–H groups in total. The minimum atomic E-state index is -0.0325. The van der Waals surface area contributed by atoms with Gasteiger partial charge < -0.3 is 20.1 Å². The summed E-state index contributed by atoms with van der Waals surface area (Å²) in [7, 11) is 0. The number of carbonyl (C=O) groups is 1. The highest BCUT2D eigenvalue weighted by Gasteiger charge is 2.16. The molecule has 0 spiro atoms. The van der Waals surface area contributed by atoms with Crippen molar-refractivity contribution in [3.05, 3.63) is 60.2 Å². The van der Waals surface area contributed by atoms with Crippen LogP contribution in [0.5, 0.6) is 5.75 Å². The van der Waals surface area contributed by atoms with E-state index in [0.29, 0.717) is 13.2 Å². The van der Waals surface area contributed by atoms with E-state index in [-0.39, 0.29) is 18.6 Å². The molecule has 5 nitrogen and oxygen atoms in total. The summed E-state index contributed by atoms with van der Waals surface area (Å²) in [5.41, 5.74) is 2.04. The second-order valence-electron chi connectivity index (χ2n) is 6.38. The standard InChI is InChI=1S/C21H26N2O3/c24-21(22-13-12-17-7-2-1-3-8-17)15-23-19-10-4-5-11-20(19)26-16-18-9-6-14-25-18/h1-5,7-8,10-11,18,23H,6,9,12-16H2,(H,22,24). The van der Waals surface area contributed by atoms with Gasteiger partial charge in [0.15, 0.2) is 0 Å². The summed E-state index contributed by atoms with van der Waals surface area (Å²) in [5, 5.41) is 6.09. The van der Waals surface area contributed by atoms with Crippen LogP contribution >= 0.6 is 0 Å². The molecule has 1 atom stereocenters. The first-order chi connectivity index (χ1) is 12.8. The van der Waals surface area contributed by atoms with Crippen molar-refractivity contribution in [3.63, 3.8) is 0 Å². The number of rotatable bonds is 9. The molecule has 0 radical (unpaired) electrons. The highest BCUT2D eigenvalue weighted by molar-refractivity contribution is 5.81. The maximum Gasteiger partial charge on any atom is 0.239 e. The van der Waals surface area contributed by atoms with Gasteiger partial charge in [-0.25, -0.2) is 0 Å². The Morgan fingerprint density at radius 1 is 1.12 bits per heavy atom. The third-order valence-corrected chi connectivity index (χ3v) is 4.35. The van der Waals surface area contributed by atoms with Crippen molar-refractivity contribution >= 4 is 11.6 Å². The number of carbonyl (C=O) groups excluding carboxylic acids is 1. The van der Waals surface area contributed by atoms with Crippen LogP contribution < -0.4 is 15.4 Å². The molecule has 138 valence electrons.